The molecule has 4 nitrogen and oxygen atoms in total. The summed E-state index contributed by atoms with van der Waals surface area (Å²) in [6, 6.07) is 9.63. The number of likely N-dealkylation sites (tertiary alicyclic amines) is 1. The molecule has 1 aliphatic heterocycles. The van der Waals surface area contributed by atoms with Crippen LogP contribution in [0.3, 0.4) is 0 Å². The van der Waals surface area contributed by atoms with E-state index in [9.17, 15) is 9.90 Å². The smallest absolute Gasteiger partial charge is 0.410 e. The van der Waals surface area contributed by atoms with Gasteiger partial charge in [0.05, 0.1) is 0 Å². The Morgan fingerprint density at radius 3 is 2.68 bits per heavy atom. The molecule has 2 rings (SSSR count). The van der Waals surface area contributed by atoms with Gasteiger partial charge in [-0.15, -0.1) is 0 Å². The van der Waals surface area contributed by atoms with Gasteiger partial charge in [0.25, 0.3) is 0 Å². The van der Waals surface area contributed by atoms with Crippen molar-refractivity contribution in [3.63, 3.8) is 0 Å². The van der Waals surface area contributed by atoms with Gasteiger partial charge in [-0.1, -0.05) is 30.3 Å². The predicted molar refractivity (Wildman–Crippen MR) is 72.6 cm³/mol. The summed E-state index contributed by atoms with van der Waals surface area (Å²) in [6.07, 6.45) is 0.508. The maximum atomic E-state index is 12.1. The second-order valence-electron chi connectivity index (χ2n) is 5.72. The third kappa shape index (κ3) is 3.26. The van der Waals surface area contributed by atoms with Gasteiger partial charge in [-0.3, -0.25) is 0 Å². The molecule has 4 heteroatoms. The molecule has 0 spiro atoms. The first kappa shape index (κ1) is 13.9. The molecule has 0 aromatic heterocycles. The van der Waals surface area contributed by atoms with Gasteiger partial charge in [-0.05, 0) is 25.8 Å². The van der Waals surface area contributed by atoms with Crippen LogP contribution in [0.1, 0.15) is 25.8 Å². The first-order valence-corrected chi connectivity index (χ1v) is 6.62. The van der Waals surface area contributed by atoms with Crippen molar-refractivity contribution in [2.24, 2.45) is 5.92 Å². The number of aliphatic hydroxyl groups excluding tert-OH is 1. The summed E-state index contributed by atoms with van der Waals surface area (Å²) in [5.41, 5.74) is 0.729. The lowest BCUT2D eigenvalue weighted by Crippen LogP contribution is -2.42. The fraction of sp³-hybridized carbons (Fsp3) is 0.533. The van der Waals surface area contributed by atoms with Crippen molar-refractivity contribution in [1.29, 1.82) is 0 Å². The summed E-state index contributed by atoms with van der Waals surface area (Å²) in [7, 11) is 0. The quantitative estimate of drug-likeness (QED) is 0.911. The van der Waals surface area contributed by atoms with Crippen molar-refractivity contribution in [2.75, 3.05) is 13.2 Å². The van der Waals surface area contributed by atoms with Gasteiger partial charge in [0, 0.05) is 24.6 Å². The molecule has 1 aromatic carbocycles. The predicted octanol–water partition coefficient (Wildman–Crippen LogP) is 2.42. The van der Waals surface area contributed by atoms with E-state index in [4.69, 9.17) is 4.74 Å². The zero-order valence-corrected chi connectivity index (χ0v) is 11.5. The Bertz CT molecular complexity index is 430. The molecule has 1 fully saturated rings. The van der Waals surface area contributed by atoms with E-state index in [0.29, 0.717) is 6.54 Å². The van der Waals surface area contributed by atoms with Gasteiger partial charge in [-0.25, -0.2) is 4.79 Å². The van der Waals surface area contributed by atoms with Crippen molar-refractivity contribution < 1.29 is 14.6 Å². The number of carbonyl (C=O) groups excluding carboxylic acids is 1. The number of hydrogen-bond donors (Lipinski definition) is 1. The van der Waals surface area contributed by atoms with E-state index in [0.717, 1.165) is 12.0 Å². The van der Waals surface area contributed by atoms with Crippen LogP contribution in [0.25, 0.3) is 0 Å². The number of nitrogens with zero attached hydrogens (tertiary/aromatic N) is 1. The van der Waals surface area contributed by atoms with Crippen LogP contribution in [0, 0.1) is 5.92 Å². The second kappa shape index (κ2) is 5.61. The van der Waals surface area contributed by atoms with Crippen LogP contribution in [-0.2, 0) is 11.3 Å². The number of ether oxygens (including phenoxy) is 1. The Morgan fingerprint density at radius 2 is 2.11 bits per heavy atom. The maximum Gasteiger partial charge on any atom is 0.410 e. The zero-order valence-electron chi connectivity index (χ0n) is 11.5. The highest BCUT2D eigenvalue weighted by Gasteiger charge is 2.41. The van der Waals surface area contributed by atoms with E-state index in [1.165, 1.54) is 0 Å². The summed E-state index contributed by atoms with van der Waals surface area (Å²) in [5, 5.41) is 9.23. The number of rotatable bonds is 3. The Kier molecular flexibility index (Phi) is 4.10. The first-order valence-electron chi connectivity index (χ1n) is 6.62. The van der Waals surface area contributed by atoms with E-state index in [1.807, 2.05) is 44.2 Å². The Labute approximate surface area is 114 Å². The molecule has 1 aromatic rings. The van der Waals surface area contributed by atoms with Gasteiger partial charge in [0.2, 0.25) is 0 Å². The largest absolute Gasteiger partial charge is 0.445 e. The van der Waals surface area contributed by atoms with Crippen LogP contribution in [0.5, 0.6) is 0 Å². The standard InChI is InChI=1S/C15H21NO3/c1-15(2)8-13(10-17)9-16(15)14(18)19-11-12-6-4-3-5-7-12/h3-7,13,17H,8-11H2,1-2H3. The van der Waals surface area contributed by atoms with Crippen molar-refractivity contribution in [1.82, 2.24) is 4.90 Å². The van der Waals surface area contributed by atoms with Crippen molar-refractivity contribution in [3.05, 3.63) is 35.9 Å². The van der Waals surface area contributed by atoms with Gasteiger partial charge < -0.3 is 14.7 Å². The summed E-state index contributed by atoms with van der Waals surface area (Å²) in [4.78, 5) is 13.8. The highest BCUT2D eigenvalue weighted by Crippen LogP contribution is 2.32. The molecule has 1 atom stereocenters. The average Bonchev–Trinajstić information content (AvgIpc) is 2.72. The van der Waals surface area contributed by atoms with E-state index in [-0.39, 0.29) is 30.8 Å². The highest BCUT2D eigenvalue weighted by atomic mass is 16.6. The molecular weight excluding hydrogens is 242 g/mol. The minimum atomic E-state index is -0.301. The maximum absolute atomic E-state index is 12.1. The molecule has 0 saturated carbocycles. The third-order valence-electron chi connectivity index (χ3n) is 3.64. The Morgan fingerprint density at radius 1 is 1.42 bits per heavy atom. The first-order chi connectivity index (χ1) is 9.03. The minimum absolute atomic E-state index is 0.117. The number of aliphatic hydroxyl groups is 1. The number of benzene rings is 1. The van der Waals surface area contributed by atoms with Crippen LogP contribution in [0.2, 0.25) is 0 Å². The van der Waals surface area contributed by atoms with E-state index >= 15 is 0 Å². The zero-order chi connectivity index (χ0) is 13.9. The Balaban J connectivity index is 1.93. The molecule has 19 heavy (non-hydrogen) atoms. The molecule has 1 heterocycles. The van der Waals surface area contributed by atoms with Gasteiger partial charge in [0.1, 0.15) is 6.61 Å². The van der Waals surface area contributed by atoms with E-state index in [2.05, 4.69) is 0 Å². The van der Waals surface area contributed by atoms with Crippen molar-refractivity contribution >= 4 is 6.09 Å². The molecule has 1 N–H and O–H groups in total. The monoisotopic (exact) mass is 263 g/mol. The lowest BCUT2D eigenvalue weighted by atomic mass is 9.97. The van der Waals surface area contributed by atoms with Crippen LogP contribution in [0.15, 0.2) is 30.3 Å². The molecule has 104 valence electrons. The Hall–Kier alpha value is -1.55. The number of carbonyl (C=O) groups is 1. The van der Waals surface area contributed by atoms with Crippen molar-refractivity contribution in [3.8, 4) is 0 Å². The van der Waals surface area contributed by atoms with Gasteiger partial charge in [0.15, 0.2) is 0 Å². The fourth-order valence-electron chi connectivity index (χ4n) is 2.63. The topological polar surface area (TPSA) is 49.8 Å². The number of amides is 1. The SMILES string of the molecule is CC1(C)CC(CO)CN1C(=O)OCc1ccccc1. The summed E-state index contributed by atoms with van der Waals surface area (Å²) in [5.74, 6) is 0.152. The van der Waals surface area contributed by atoms with Gasteiger partial charge in [-0.2, -0.15) is 0 Å². The molecule has 0 radical (unpaired) electrons. The normalized spacial score (nSPS) is 21.4. The summed E-state index contributed by atoms with van der Waals surface area (Å²) >= 11 is 0. The molecule has 0 aliphatic carbocycles. The molecule has 1 unspecified atom stereocenters. The van der Waals surface area contributed by atoms with Crippen LogP contribution >= 0.6 is 0 Å². The van der Waals surface area contributed by atoms with Crippen LogP contribution < -0.4 is 0 Å². The minimum Gasteiger partial charge on any atom is -0.445 e. The molecule has 1 amide bonds. The van der Waals surface area contributed by atoms with Crippen LogP contribution in [-0.4, -0.2) is 34.8 Å². The van der Waals surface area contributed by atoms with Crippen LogP contribution in [0.4, 0.5) is 4.79 Å². The molecular formula is C15H21NO3. The highest BCUT2D eigenvalue weighted by molar-refractivity contribution is 5.69. The molecule has 0 bridgehead atoms. The lowest BCUT2D eigenvalue weighted by Gasteiger charge is -2.30. The average molecular weight is 263 g/mol. The summed E-state index contributed by atoms with van der Waals surface area (Å²) < 4.78 is 5.35. The van der Waals surface area contributed by atoms with E-state index in [1.54, 1.807) is 4.90 Å². The molecule has 1 saturated heterocycles. The lowest BCUT2D eigenvalue weighted by molar-refractivity contribution is 0.0745. The summed E-state index contributed by atoms with van der Waals surface area (Å²) in [6.45, 7) is 4.98. The van der Waals surface area contributed by atoms with Crippen molar-refractivity contribution in [2.45, 2.75) is 32.4 Å². The fourth-order valence-corrected chi connectivity index (χ4v) is 2.63. The third-order valence-corrected chi connectivity index (χ3v) is 3.64. The molecule has 1 aliphatic rings. The number of hydrogen-bond acceptors (Lipinski definition) is 3. The van der Waals surface area contributed by atoms with E-state index < -0.39 is 0 Å². The van der Waals surface area contributed by atoms with Gasteiger partial charge >= 0.3 is 6.09 Å². The second-order valence-corrected chi connectivity index (χ2v) is 5.72.